The molecule has 0 bridgehead atoms. The zero-order valence-corrected chi connectivity index (χ0v) is 34.4. The van der Waals surface area contributed by atoms with Crippen LogP contribution in [0, 0.1) is 0 Å². The van der Waals surface area contributed by atoms with E-state index in [4.69, 9.17) is 24.8 Å². The molecule has 0 radical (unpaired) electrons. The number of unbranched alkanes of at least 4 members (excludes halogenated alkanes) is 8. The second-order valence-corrected chi connectivity index (χ2v) is 14.5. The van der Waals surface area contributed by atoms with Crippen LogP contribution >= 0.6 is 7.82 Å². The molecule has 3 unspecified atom stereocenters. The number of carboxylic acids is 1. The maximum absolute atomic E-state index is 12.6. The van der Waals surface area contributed by atoms with Crippen LogP contribution in [0.4, 0.5) is 0 Å². The molecule has 3 atom stereocenters. The van der Waals surface area contributed by atoms with Crippen molar-refractivity contribution in [1.82, 2.24) is 0 Å². The zero-order chi connectivity index (χ0) is 40.7. The number of rotatable bonds is 36. The van der Waals surface area contributed by atoms with E-state index in [0.29, 0.717) is 19.3 Å². The highest BCUT2D eigenvalue weighted by Crippen LogP contribution is 2.43. The summed E-state index contributed by atoms with van der Waals surface area (Å²) in [5.74, 6) is -2.49. The Morgan fingerprint density at radius 3 is 1.58 bits per heavy atom. The van der Waals surface area contributed by atoms with Gasteiger partial charge in [0.1, 0.15) is 12.6 Å². The lowest BCUT2D eigenvalue weighted by atomic mass is 10.1. The molecule has 0 spiro atoms. The van der Waals surface area contributed by atoms with Crippen LogP contribution in [0.25, 0.3) is 0 Å². The first-order chi connectivity index (χ1) is 26.6. The van der Waals surface area contributed by atoms with E-state index < -0.39 is 51.1 Å². The number of carbonyl (C=O) groups excluding carboxylic acids is 2. The minimum atomic E-state index is -4.74. The Kier molecular flexibility index (Phi) is 35.3. The number of ether oxygens (including phenoxy) is 2. The molecule has 0 aromatic heterocycles. The lowest BCUT2D eigenvalue weighted by molar-refractivity contribution is -0.161. The molecule has 11 nitrogen and oxygen atoms in total. The molecule has 0 aliphatic rings. The van der Waals surface area contributed by atoms with Gasteiger partial charge in [-0.05, 0) is 77.0 Å². The molecular formula is C43H70NO10P. The van der Waals surface area contributed by atoms with E-state index in [1.54, 1.807) is 0 Å². The van der Waals surface area contributed by atoms with Gasteiger partial charge < -0.3 is 25.2 Å². The summed E-state index contributed by atoms with van der Waals surface area (Å²) >= 11 is 0. The number of allylic oxidation sites excluding steroid dienone is 14. The van der Waals surface area contributed by atoms with Crippen molar-refractivity contribution in [2.45, 2.75) is 148 Å². The number of aliphatic carboxylic acids is 1. The van der Waals surface area contributed by atoms with Gasteiger partial charge in [0.2, 0.25) is 0 Å². The summed E-state index contributed by atoms with van der Waals surface area (Å²) in [6.45, 7) is 2.54. The Hall–Kier alpha value is -3.34. The molecule has 0 amide bonds. The molecule has 0 heterocycles. The van der Waals surface area contributed by atoms with E-state index in [1.165, 1.54) is 12.8 Å². The molecule has 12 heteroatoms. The van der Waals surface area contributed by atoms with Crippen LogP contribution in [0.15, 0.2) is 85.1 Å². The van der Waals surface area contributed by atoms with Crippen molar-refractivity contribution < 1.29 is 47.5 Å². The topological polar surface area (TPSA) is 172 Å². The third-order valence-electron chi connectivity index (χ3n) is 7.88. The van der Waals surface area contributed by atoms with Crippen LogP contribution in [0.3, 0.4) is 0 Å². The van der Waals surface area contributed by atoms with Crippen molar-refractivity contribution in [2.24, 2.45) is 5.73 Å². The molecule has 312 valence electrons. The summed E-state index contributed by atoms with van der Waals surface area (Å²) in [6.07, 6.45) is 45.1. The summed E-state index contributed by atoms with van der Waals surface area (Å²) in [5.41, 5.74) is 5.32. The fourth-order valence-corrected chi connectivity index (χ4v) is 5.48. The van der Waals surface area contributed by atoms with Gasteiger partial charge in [-0.15, -0.1) is 0 Å². The monoisotopic (exact) mass is 791 g/mol. The number of carbonyl (C=O) groups is 3. The molecule has 0 saturated carbocycles. The number of carboxylic acid groups (broad SMARTS) is 1. The predicted molar refractivity (Wildman–Crippen MR) is 221 cm³/mol. The summed E-state index contributed by atoms with van der Waals surface area (Å²) < 4.78 is 32.5. The third kappa shape index (κ3) is 37.4. The molecule has 0 aromatic rings. The summed E-state index contributed by atoms with van der Waals surface area (Å²) in [6, 6.07) is -1.54. The highest BCUT2D eigenvalue weighted by Gasteiger charge is 2.28. The van der Waals surface area contributed by atoms with E-state index in [9.17, 15) is 23.8 Å². The van der Waals surface area contributed by atoms with Crippen LogP contribution < -0.4 is 5.73 Å². The number of phosphoric ester groups is 1. The van der Waals surface area contributed by atoms with Crippen LogP contribution in [0.2, 0.25) is 0 Å². The van der Waals surface area contributed by atoms with Gasteiger partial charge in [0.05, 0.1) is 13.2 Å². The van der Waals surface area contributed by atoms with E-state index in [1.807, 2.05) is 12.2 Å². The third-order valence-corrected chi connectivity index (χ3v) is 8.83. The maximum Gasteiger partial charge on any atom is 0.472 e. The highest BCUT2D eigenvalue weighted by molar-refractivity contribution is 7.47. The van der Waals surface area contributed by atoms with Gasteiger partial charge >= 0.3 is 25.7 Å². The van der Waals surface area contributed by atoms with Crippen molar-refractivity contribution in [1.29, 1.82) is 0 Å². The summed E-state index contributed by atoms with van der Waals surface area (Å²) in [7, 11) is -4.74. The fraction of sp³-hybridized carbons (Fsp3) is 0.605. The van der Waals surface area contributed by atoms with Crippen LogP contribution in [0.1, 0.15) is 136 Å². The average molecular weight is 792 g/mol. The van der Waals surface area contributed by atoms with E-state index in [-0.39, 0.29) is 19.4 Å². The molecule has 0 aromatic carbocycles. The number of nitrogens with two attached hydrogens (primary N) is 1. The highest BCUT2D eigenvalue weighted by atomic mass is 31.2. The second kappa shape index (κ2) is 37.6. The summed E-state index contributed by atoms with van der Waals surface area (Å²) in [4.78, 5) is 45.8. The Labute approximate surface area is 331 Å². The SMILES string of the molecule is CC/C=C\C/C=C\C/C=C\C/C=C\C/C=C\CCCC(=O)OC(COC(=O)CCCCCCC/C=C\C/C=C\CCCC)COP(=O)(O)OCC(N)C(=O)O. The van der Waals surface area contributed by atoms with E-state index >= 15 is 0 Å². The van der Waals surface area contributed by atoms with Gasteiger partial charge in [0.15, 0.2) is 6.10 Å². The smallest absolute Gasteiger partial charge is 0.472 e. The number of hydrogen-bond acceptors (Lipinski definition) is 9. The second-order valence-electron chi connectivity index (χ2n) is 13.0. The molecule has 0 aliphatic carbocycles. The number of esters is 2. The maximum atomic E-state index is 12.6. The number of phosphoric acid groups is 1. The van der Waals surface area contributed by atoms with Gasteiger partial charge in [-0.1, -0.05) is 131 Å². The van der Waals surface area contributed by atoms with Gasteiger partial charge in [-0.25, -0.2) is 4.57 Å². The molecule has 4 N–H and O–H groups in total. The lowest BCUT2D eigenvalue weighted by Gasteiger charge is -2.20. The van der Waals surface area contributed by atoms with Crippen molar-refractivity contribution in [3.8, 4) is 0 Å². The van der Waals surface area contributed by atoms with Crippen molar-refractivity contribution >= 4 is 25.7 Å². The Balaban J connectivity index is 4.56. The summed E-state index contributed by atoms with van der Waals surface area (Å²) in [5, 5.41) is 8.87. The van der Waals surface area contributed by atoms with Gasteiger partial charge in [-0.3, -0.25) is 23.4 Å². The zero-order valence-electron chi connectivity index (χ0n) is 33.5. The average Bonchev–Trinajstić information content (AvgIpc) is 3.16. The Morgan fingerprint density at radius 1 is 0.582 bits per heavy atom. The Morgan fingerprint density at radius 2 is 1.04 bits per heavy atom. The quantitative estimate of drug-likeness (QED) is 0.0239. The largest absolute Gasteiger partial charge is 0.480 e. The van der Waals surface area contributed by atoms with Crippen LogP contribution in [-0.4, -0.2) is 59.9 Å². The van der Waals surface area contributed by atoms with Crippen molar-refractivity contribution in [2.75, 3.05) is 19.8 Å². The van der Waals surface area contributed by atoms with Gasteiger partial charge in [0, 0.05) is 12.8 Å². The fourth-order valence-electron chi connectivity index (χ4n) is 4.70. The molecule has 0 aliphatic heterocycles. The standard InChI is InChI=1S/C43H70NO10P/c1-3-5-7-9-11-13-15-17-19-20-21-23-25-27-29-31-33-35-42(46)54-39(37-52-55(49,50)53-38-40(44)43(47)48)36-51-41(45)34-32-30-28-26-24-22-18-16-14-12-10-8-6-4-2/h5,7,10-13,16-19,21,23,27,29,39-40H,3-4,6,8-9,14-15,20,22,24-26,28,30-38,44H2,1-2H3,(H,47,48)(H,49,50)/b7-5-,12-10-,13-11-,18-16-,19-17-,23-21-,29-27-. The minimum Gasteiger partial charge on any atom is -0.480 e. The van der Waals surface area contributed by atoms with Gasteiger partial charge in [0.25, 0.3) is 0 Å². The van der Waals surface area contributed by atoms with Gasteiger partial charge in [-0.2, -0.15) is 0 Å². The first-order valence-electron chi connectivity index (χ1n) is 20.1. The molecule has 55 heavy (non-hydrogen) atoms. The van der Waals surface area contributed by atoms with Crippen LogP contribution in [-0.2, 0) is 37.5 Å². The lowest BCUT2D eigenvalue weighted by Crippen LogP contribution is -2.34. The first-order valence-corrected chi connectivity index (χ1v) is 21.6. The molecular weight excluding hydrogens is 721 g/mol. The van der Waals surface area contributed by atoms with E-state index in [0.717, 1.165) is 77.0 Å². The van der Waals surface area contributed by atoms with E-state index in [2.05, 4.69) is 91.3 Å². The van der Waals surface area contributed by atoms with Crippen molar-refractivity contribution in [3.05, 3.63) is 85.1 Å². The molecule has 0 saturated heterocycles. The molecule has 0 fully saturated rings. The van der Waals surface area contributed by atoms with Crippen molar-refractivity contribution in [3.63, 3.8) is 0 Å². The number of hydrogen-bond donors (Lipinski definition) is 3. The van der Waals surface area contributed by atoms with Crippen LogP contribution in [0.5, 0.6) is 0 Å². The minimum absolute atomic E-state index is 0.0748. The Bertz CT molecular complexity index is 1250. The molecule has 0 rings (SSSR count). The normalized spacial score (nSPS) is 14.7. The predicted octanol–water partition coefficient (Wildman–Crippen LogP) is 10.3. The first kappa shape index (κ1) is 51.7.